The van der Waals surface area contributed by atoms with Gasteiger partial charge in [-0.3, -0.25) is 4.79 Å². The summed E-state index contributed by atoms with van der Waals surface area (Å²) in [6.07, 6.45) is 5.85. The third-order valence-electron chi connectivity index (χ3n) is 3.52. The zero-order valence-electron chi connectivity index (χ0n) is 10.4. The second-order valence-electron chi connectivity index (χ2n) is 4.66. The van der Waals surface area contributed by atoms with E-state index in [1.807, 2.05) is 0 Å². The van der Waals surface area contributed by atoms with Crippen molar-refractivity contribution in [1.82, 2.24) is 5.32 Å². The van der Waals surface area contributed by atoms with E-state index >= 15 is 0 Å². The molecule has 1 fully saturated rings. The van der Waals surface area contributed by atoms with Gasteiger partial charge in [0, 0.05) is 19.7 Å². The van der Waals surface area contributed by atoms with Gasteiger partial charge in [0.05, 0.1) is 0 Å². The van der Waals surface area contributed by atoms with Crippen LogP contribution in [0.3, 0.4) is 0 Å². The van der Waals surface area contributed by atoms with E-state index in [9.17, 15) is 4.79 Å². The molecule has 2 atom stereocenters. The van der Waals surface area contributed by atoms with E-state index < -0.39 is 6.10 Å². The maximum Gasteiger partial charge on any atom is 0.250 e. The van der Waals surface area contributed by atoms with Gasteiger partial charge in [-0.2, -0.15) is 0 Å². The Hall–Kier alpha value is -0.610. The topological polar surface area (TPSA) is 64.3 Å². The molecule has 1 saturated carbocycles. The fourth-order valence-corrected chi connectivity index (χ4v) is 2.38. The van der Waals surface area contributed by atoms with Gasteiger partial charge in [0.1, 0.15) is 6.10 Å². The maximum absolute atomic E-state index is 11.7. The number of nitrogens with two attached hydrogens (primary N) is 1. The Balaban J connectivity index is 2.36. The zero-order chi connectivity index (χ0) is 12.0. The molecule has 0 aromatic carbocycles. The molecule has 1 aliphatic carbocycles. The van der Waals surface area contributed by atoms with Crippen LogP contribution in [-0.2, 0) is 9.53 Å². The van der Waals surface area contributed by atoms with Crippen LogP contribution >= 0.6 is 0 Å². The maximum atomic E-state index is 11.7. The summed E-state index contributed by atoms with van der Waals surface area (Å²) in [4.78, 5) is 11.7. The molecular weight excluding hydrogens is 204 g/mol. The molecule has 0 aromatic heterocycles. The largest absolute Gasteiger partial charge is 0.370 e. The highest BCUT2D eigenvalue weighted by molar-refractivity contribution is 5.81. The minimum Gasteiger partial charge on any atom is -0.370 e. The Morgan fingerprint density at radius 1 is 1.44 bits per heavy atom. The molecule has 0 aromatic rings. The number of ether oxygens (including phenoxy) is 1. The summed E-state index contributed by atoms with van der Waals surface area (Å²) in [5, 5.41) is 3.01. The number of carbonyl (C=O) groups is 1. The Labute approximate surface area is 97.9 Å². The van der Waals surface area contributed by atoms with Crippen LogP contribution in [0.1, 0.15) is 39.0 Å². The number of nitrogens with one attached hydrogen (secondary N) is 1. The van der Waals surface area contributed by atoms with Crippen LogP contribution in [0.25, 0.3) is 0 Å². The van der Waals surface area contributed by atoms with Gasteiger partial charge >= 0.3 is 0 Å². The van der Waals surface area contributed by atoms with E-state index in [0.29, 0.717) is 5.92 Å². The number of methoxy groups -OCH3 is 1. The first kappa shape index (κ1) is 13.5. The monoisotopic (exact) mass is 228 g/mol. The highest BCUT2D eigenvalue weighted by atomic mass is 16.5. The molecule has 4 nitrogen and oxygen atoms in total. The minimum absolute atomic E-state index is 0.0805. The summed E-state index contributed by atoms with van der Waals surface area (Å²) in [5.74, 6) is 0.538. The number of carbonyl (C=O) groups excluding carboxylic acids is 1. The Morgan fingerprint density at radius 3 is 2.56 bits per heavy atom. The third kappa shape index (κ3) is 3.76. The van der Waals surface area contributed by atoms with E-state index in [4.69, 9.17) is 10.5 Å². The van der Waals surface area contributed by atoms with Gasteiger partial charge in [-0.25, -0.2) is 0 Å². The van der Waals surface area contributed by atoms with Gasteiger partial charge in [-0.05, 0) is 25.7 Å². The van der Waals surface area contributed by atoms with Crippen LogP contribution in [0.4, 0.5) is 0 Å². The van der Waals surface area contributed by atoms with Crippen molar-refractivity contribution in [2.45, 2.75) is 51.2 Å². The van der Waals surface area contributed by atoms with E-state index in [-0.39, 0.29) is 18.5 Å². The fraction of sp³-hybridized carbons (Fsp3) is 0.917. The van der Waals surface area contributed by atoms with Gasteiger partial charge < -0.3 is 15.8 Å². The SMILES string of the molecule is COC(CN)C(=O)N[C@@H](C)C1CCCCC1. The summed E-state index contributed by atoms with van der Waals surface area (Å²) in [6.45, 7) is 2.32. The van der Waals surface area contributed by atoms with Crippen molar-refractivity contribution in [3.05, 3.63) is 0 Å². The summed E-state index contributed by atoms with van der Waals surface area (Å²) < 4.78 is 5.01. The van der Waals surface area contributed by atoms with Crippen LogP contribution in [0, 0.1) is 5.92 Å². The zero-order valence-corrected chi connectivity index (χ0v) is 10.4. The molecule has 94 valence electrons. The quantitative estimate of drug-likeness (QED) is 0.739. The van der Waals surface area contributed by atoms with Gasteiger partial charge in [0.2, 0.25) is 0 Å². The van der Waals surface area contributed by atoms with Crippen LogP contribution in [-0.4, -0.2) is 31.7 Å². The van der Waals surface area contributed by atoms with Crippen molar-refractivity contribution in [3.63, 3.8) is 0 Å². The lowest BCUT2D eigenvalue weighted by atomic mass is 9.84. The summed E-state index contributed by atoms with van der Waals surface area (Å²) in [5.41, 5.74) is 5.45. The van der Waals surface area contributed by atoms with E-state index in [1.165, 1.54) is 39.2 Å². The lowest BCUT2D eigenvalue weighted by Crippen LogP contribution is -2.47. The molecular formula is C12H24N2O2. The van der Waals surface area contributed by atoms with Crippen molar-refractivity contribution in [1.29, 1.82) is 0 Å². The van der Waals surface area contributed by atoms with Crippen molar-refractivity contribution >= 4 is 5.91 Å². The highest BCUT2D eigenvalue weighted by Crippen LogP contribution is 2.26. The van der Waals surface area contributed by atoms with Gasteiger partial charge in [-0.1, -0.05) is 19.3 Å². The smallest absolute Gasteiger partial charge is 0.250 e. The number of rotatable bonds is 5. The Morgan fingerprint density at radius 2 is 2.06 bits per heavy atom. The van der Waals surface area contributed by atoms with Crippen LogP contribution in [0.2, 0.25) is 0 Å². The van der Waals surface area contributed by atoms with E-state index in [1.54, 1.807) is 0 Å². The highest BCUT2D eigenvalue weighted by Gasteiger charge is 2.24. The van der Waals surface area contributed by atoms with E-state index in [0.717, 1.165) is 0 Å². The molecule has 1 unspecified atom stereocenters. The first-order chi connectivity index (χ1) is 7.69. The molecule has 0 heterocycles. The normalized spacial score (nSPS) is 21.4. The Kier molecular flexibility index (Phi) is 5.77. The molecule has 0 bridgehead atoms. The van der Waals surface area contributed by atoms with E-state index in [2.05, 4.69) is 12.2 Å². The number of hydrogen-bond donors (Lipinski definition) is 2. The molecule has 4 heteroatoms. The Bertz CT molecular complexity index is 211. The number of hydrogen-bond acceptors (Lipinski definition) is 3. The lowest BCUT2D eigenvalue weighted by molar-refractivity contribution is -0.131. The first-order valence-electron chi connectivity index (χ1n) is 6.22. The molecule has 0 spiro atoms. The predicted molar refractivity (Wildman–Crippen MR) is 64.0 cm³/mol. The second kappa shape index (κ2) is 6.86. The standard InChI is InChI=1S/C12H24N2O2/c1-9(10-6-4-3-5-7-10)14-12(15)11(8-13)16-2/h9-11H,3-8,13H2,1-2H3,(H,14,15)/t9-,11?/m0/s1. The van der Waals surface area contributed by atoms with Crippen LogP contribution in [0.15, 0.2) is 0 Å². The fourth-order valence-electron chi connectivity index (χ4n) is 2.38. The van der Waals surface area contributed by atoms with Crippen molar-refractivity contribution < 1.29 is 9.53 Å². The average molecular weight is 228 g/mol. The molecule has 1 rings (SSSR count). The molecule has 0 saturated heterocycles. The van der Waals surface area contributed by atoms with Crippen LogP contribution < -0.4 is 11.1 Å². The average Bonchev–Trinajstić information content (AvgIpc) is 2.31. The second-order valence-corrected chi connectivity index (χ2v) is 4.66. The van der Waals surface area contributed by atoms with Crippen LogP contribution in [0.5, 0.6) is 0 Å². The molecule has 16 heavy (non-hydrogen) atoms. The summed E-state index contributed by atoms with van der Waals surface area (Å²) in [6, 6.07) is 0.233. The van der Waals surface area contributed by atoms with Gasteiger partial charge in [0.15, 0.2) is 0 Å². The molecule has 3 N–H and O–H groups in total. The van der Waals surface area contributed by atoms with Crippen molar-refractivity contribution in [2.24, 2.45) is 11.7 Å². The molecule has 0 radical (unpaired) electrons. The minimum atomic E-state index is -0.508. The molecule has 1 amide bonds. The van der Waals surface area contributed by atoms with Crippen molar-refractivity contribution in [3.8, 4) is 0 Å². The third-order valence-corrected chi connectivity index (χ3v) is 3.52. The predicted octanol–water partition coefficient (Wildman–Crippen LogP) is 1.05. The molecule has 0 aliphatic heterocycles. The summed E-state index contributed by atoms with van der Waals surface area (Å²) in [7, 11) is 1.52. The molecule has 1 aliphatic rings. The van der Waals surface area contributed by atoms with Gasteiger partial charge in [-0.15, -0.1) is 0 Å². The van der Waals surface area contributed by atoms with Crippen molar-refractivity contribution in [2.75, 3.05) is 13.7 Å². The summed E-state index contributed by atoms with van der Waals surface area (Å²) >= 11 is 0. The lowest BCUT2D eigenvalue weighted by Gasteiger charge is -2.29. The first-order valence-corrected chi connectivity index (χ1v) is 6.22. The van der Waals surface area contributed by atoms with Gasteiger partial charge in [0.25, 0.3) is 5.91 Å². The number of amides is 1.